The lowest BCUT2D eigenvalue weighted by atomic mass is 10.1. The Morgan fingerprint density at radius 2 is 2.05 bits per heavy atom. The first-order valence-electron chi connectivity index (χ1n) is 6.30. The summed E-state index contributed by atoms with van der Waals surface area (Å²) in [6, 6.07) is -1.04. The molecular formula is C13H17N3O5. The minimum Gasteiger partial charge on any atom is -0.480 e. The van der Waals surface area contributed by atoms with Gasteiger partial charge in [-0.05, 0) is 19.8 Å². The maximum Gasteiger partial charge on any atom is 0.326 e. The largest absolute Gasteiger partial charge is 0.480 e. The Morgan fingerprint density at radius 3 is 2.57 bits per heavy atom. The number of carboxylic acids is 1. The van der Waals surface area contributed by atoms with E-state index in [1.54, 1.807) is 6.92 Å². The van der Waals surface area contributed by atoms with Gasteiger partial charge in [0.25, 0.3) is 5.56 Å². The first-order valence-corrected chi connectivity index (χ1v) is 6.30. The van der Waals surface area contributed by atoms with Crippen molar-refractivity contribution >= 4 is 11.9 Å². The van der Waals surface area contributed by atoms with E-state index in [0.29, 0.717) is 11.3 Å². The quantitative estimate of drug-likeness (QED) is 0.501. The van der Waals surface area contributed by atoms with E-state index in [4.69, 9.17) is 5.11 Å². The smallest absolute Gasteiger partial charge is 0.326 e. The van der Waals surface area contributed by atoms with Crippen LogP contribution in [0.3, 0.4) is 0 Å². The van der Waals surface area contributed by atoms with Crippen molar-refractivity contribution in [2.24, 2.45) is 0 Å². The van der Waals surface area contributed by atoms with Crippen LogP contribution in [0.15, 0.2) is 22.2 Å². The van der Waals surface area contributed by atoms with Crippen LogP contribution in [0.1, 0.15) is 24.1 Å². The van der Waals surface area contributed by atoms with Gasteiger partial charge in [-0.1, -0.05) is 6.08 Å². The third-order valence-electron chi connectivity index (χ3n) is 2.89. The molecule has 8 nitrogen and oxygen atoms in total. The van der Waals surface area contributed by atoms with Crippen molar-refractivity contribution in [3.05, 3.63) is 44.8 Å². The molecule has 0 aliphatic heterocycles. The fourth-order valence-corrected chi connectivity index (χ4v) is 1.82. The molecule has 0 radical (unpaired) electrons. The highest BCUT2D eigenvalue weighted by Gasteiger charge is 2.18. The van der Waals surface area contributed by atoms with Gasteiger partial charge in [-0.15, -0.1) is 6.58 Å². The van der Waals surface area contributed by atoms with E-state index in [1.165, 1.54) is 6.08 Å². The monoisotopic (exact) mass is 295 g/mol. The minimum atomic E-state index is -1.15. The van der Waals surface area contributed by atoms with E-state index >= 15 is 0 Å². The third-order valence-corrected chi connectivity index (χ3v) is 2.89. The number of carbonyl (C=O) groups is 2. The maximum absolute atomic E-state index is 11.7. The van der Waals surface area contributed by atoms with Gasteiger partial charge in [-0.3, -0.25) is 14.6 Å². The maximum atomic E-state index is 11.7. The number of carbonyl (C=O) groups excluding carboxylic acids is 1. The van der Waals surface area contributed by atoms with Crippen LogP contribution in [0.5, 0.6) is 0 Å². The van der Waals surface area contributed by atoms with Gasteiger partial charge in [-0.25, -0.2) is 9.59 Å². The van der Waals surface area contributed by atoms with Crippen LogP contribution in [-0.4, -0.2) is 33.0 Å². The number of aromatic nitrogens is 2. The highest BCUT2D eigenvalue weighted by Crippen LogP contribution is 2.01. The molecule has 0 fully saturated rings. The molecule has 0 bridgehead atoms. The van der Waals surface area contributed by atoms with Gasteiger partial charge >= 0.3 is 11.7 Å². The summed E-state index contributed by atoms with van der Waals surface area (Å²) < 4.78 is 0. The molecule has 1 amide bonds. The SMILES string of the molecule is C=CCC(NC(=O)CCc1c(C)[nH]c(=O)[nH]c1=O)C(=O)O. The first-order chi connectivity index (χ1) is 9.85. The summed E-state index contributed by atoms with van der Waals surface area (Å²) in [7, 11) is 0. The predicted molar refractivity (Wildman–Crippen MR) is 75.1 cm³/mol. The summed E-state index contributed by atoms with van der Waals surface area (Å²) >= 11 is 0. The van der Waals surface area contributed by atoms with E-state index in [0.717, 1.165) is 0 Å². The molecule has 0 aliphatic carbocycles. The standard InChI is InChI=1S/C13H17N3O5/c1-3-4-9(12(19)20)15-10(17)6-5-8-7(2)14-13(21)16-11(8)18/h3,9H,1,4-6H2,2H3,(H,15,17)(H,19,20)(H2,14,16,18,21). The summed E-state index contributed by atoms with van der Waals surface area (Å²) in [6.45, 7) is 4.98. The Morgan fingerprint density at radius 1 is 1.38 bits per heavy atom. The van der Waals surface area contributed by atoms with Crippen molar-refractivity contribution in [2.45, 2.75) is 32.2 Å². The molecule has 1 unspecified atom stereocenters. The fourth-order valence-electron chi connectivity index (χ4n) is 1.82. The van der Waals surface area contributed by atoms with Crippen LogP contribution in [0.25, 0.3) is 0 Å². The highest BCUT2D eigenvalue weighted by molar-refractivity contribution is 5.83. The van der Waals surface area contributed by atoms with Crippen LogP contribution >= 0.6 is 0 Å². The van der Waals surface area contributed by atoms with E-state index in [9.17, 15) is 19.2 Å². The van der Waals surface area contributed by atoms with Gasteiger partial charge in [0.15, 0.2) is 0 Å². The number of hydrogen-bond donors (Lipinski definition) is 4. The second kappa shape index (κ2) is 7.22. The molecule has 0 aromatic carbocycles. The normalized spacial score (nSPS) is 11.7. The van der Waals surface area contributed by atoms with Gasteiger partial charge in [-0.2, -0.15) is 0 Å². The molecule has 1 aromatic rings. The van der Waals surface area contributed by atoms with Gasteiger partial charge < -0.3 is 15.4 Å². The van der Waals surface area contributed by atoms with E-state index in [1.807, 2.05) is 0 Å². The first kappa shape index (κ1) is 16.4. The lowest BCUT2D eigenvalue weighted by Crippen LogP contribution is -2.40. The lowest BCUT2D eigenvalue weighted by molar-refractivity contribution is -0.141. The number of amides is 1. The third kappa shape index (κ3) is 4.75. The predicted octanol–water partition coefficient (Wildman–Crippen LogP) is -0.550. The number of H-pyrrole nitrogens is 2. The minimum absolute atomic E-state index is 0.0586. The van der Waals surface area contributed by atoms with Crippen LogP contribution in [-0.2, 0) is 16.0 Å². The van der Waals surface area contributed by atoms with Crippen molar-refractivity contribution in [1.82, 2.24) is 15.3 Å². The van der Waals surface area contributed by atoms with Crippen molar-refractivity contribution in [3.63, 3.8) is 0 Å². The van der Waals surface area contributed by atoms with Gasteiger partial charge in [0.2, 0.25) is 5.91 Å². The number of aliphatic carboxylic acids is 1. The molecule has 1 heterocycles. The molecule has 1 aromatic heterocycles. The Hall–Kier alpha value is -2.64. The zero-order chi connectivity index (χ0) is 16.0. The molecule has 0 aliphatic rings. The number of hydrogen-bond acceptors (Lipinski definition) is 4. The second-order valence-corrected chi connectivity index (χ2v) is 4.49. The fraction of sp³-hybridized carbons (Fsp3) is 0.385. The van der Waals surface area contributed by atoms with Crippen molar-refractivity contribution in [1.29, 1.82) is 0 Å². The number of carboxylic acid groups (broad SMARTS) is 1. The zero-order valence-corrected chi connectivity index (χ0v) is 11.6. The Kier molecular flexibility index (Phi) is 5.65. The molecule has 1 rings (SSSR count). The van der Waals surface area contributed by atoms with Crippen molar-refractivity contribution in [3.8, 4) is 0 Å². The average Bonchev–Trinajstić information content (AvgIpc) is 2.36. The van der Waals surface area contributed by atoms with Gasteiger partial charge in [0.05, 0.1) is 0 Å². The molecule has 8 heteroatoms. The molecule has 0 saturated carbocycles. The molecule has 0 spiro atoms. The van der Waals surface area contributed by atoms with Crippen LogP contribution in [0, 0.1) is 6.92 Å². The molecule has 21 heavy (non-hydrogen) atoms. The number of aryl methyl sites for hydroxylation is 1. The van der Waals surface area contributed by atoms with Crippen molar-refractivity contribution < 1.29 is 14.7 Å². The number of aromatic amines is 2. The van der Waals surface area contributed by atoms with Crippen LogP contribution in [0.2, 0.25) is 0 Å². The van der Waals surface area contributed by atoms with Gasteiger partial charge in [0, 0.05) is 17.7 Å². The van der Waals surface area contributed by atoms with E-state index in [-0.39, 0.29) is 19.3 Å². The Balaban J connectivity index is 2.69. The van der Waals surface area contributed by atoms with Gasteiger partial charge in [0.1, 0.15) is 6.04 Å². The van der Waals surface area contributed by atoms with Crippen molar-refractivity contribution in [2.75, 3.05) is 0 Å². The summed E-state index contributed by atoms with van der Waals surface area (Å²) in [5.41, 5.74) is -0.481. The number of rotatable bonds is 7. The molecule has 1 atom stereocenters. The molecular weight excluding hydrogens is 278 g/mol. The average molecular weight is 295 g/mol. The Labute approximate surface area is 119 Å². The summed E-state index contributed by atoms with van der Waals surface area (Å²) in [5, 5.41) is 11.2. The Bertz CT molecular complexity index is 659. The molecule has 4 N–H and O–H groups in total. The summed E-state index contributed by atoms with van der Waals surface area (Å²) in [4.78, 5) is 49.7. The topological polar surface area (TPSA) is 132 Å². The zero-order valence-electron chi connectivity index (χ0n) is 11.6. The highest BCUT2D eigenvalue weighted by atomic mass is 16.4. The number of nitrogens with one attached hydrogen (secondary N) is 3. The summed E-state index contributed by atoms with van der Waals surface area (Å²) in [6.07, 6.45) is 1.55. The lowest BCUT2D eigenvalue weighted by Gasteiger charge is -2.12. The van der Waals surface area contributed by atoms with Crippen LogP contribution < -0.4 is 16.6 Å². The molecule has 0 saturated heterocycles. The summed E-state index contributed by atoms with van der Waals surface area (Å²) in [5.74, 6) is -1.64. The van der Waals surface area contributed by atoms with E-state index in [2.05, 4.69) is 21.9 Å². The van der Waals surface area contributed by atoms with Crippen LogP contribution in [0.4, 0.5) is 0 Å². The molecule has 114 valence electrons. The second-order valence-electron chi connectivity index (χ2n) is 4.49. The van der Waals surface area contributed by atoms with E-state index < -0.39 is 29.2 Å².